The van der Waals surface area contributed by atoms with E-state index < -0.39 is 8.07 Å². The maximum Gasteiger partial charge on any atom is 0.233 e. The van der Waals surface area contributed by atoms with E-state index in [-0.39, 0.29) is 0 Å². The number of oxazole rings is 1. The molecule has 0 unspecified atom stereocenters. The first kappa shape index (κ1) is 23.0. The maximum atomic E-state index is 6.54. The summed E-state index contributed by atoms with van der Waals surface area (Å²) in [6, 6.07) is 48.0. The van der Waals surface area contributed by atoms with Gasteiger partial charge in [0.25, 0.3) is 0 Å². The van der Waals surface area contributed by atoms with Gasteiger partial charge in [-0.05, 0) is 57.5 Å². The summed E-state index contributed by atoms with van der Waals surface area (Å²) in [7, 11) is -2.72. The van der Waals surface area contributed by atoms with Crippen molar-refractivity contribution in [1.29, 1.82) is 0 Å². The number of rotatable bonds is 5. The van der Waals surface area contributed by atoms with Crippen molar-refractivity contribution in [2.45, 2.75) is 6.92 Å². The Kier molecular flexibility index (Phi) is 5.06. The summed E-state index contributed by atoms with van der Waals surface area (Å²) < 4.78 is 8.79. The van der Waals surface area contributed by atoms with Crippen LogP contribution in [0.1, 0.15) is 5.56 Å². The Balaban J connectivity index is 1.53. The average Bonchev–Trinajstić information content (AvgIpc) is 3.69. The molecule has 0 spiro atoms. The fraction of sp³-hybridized carbons (Fsp3) is 0.0278. The predicted octanol–water partition coefficient (Wildman–Crippen LogP) is 6.02. The SMILES string of the molecule is Cc1cc2c([Si](c3ccccc3)(c3ccccc3)c3ccccc3)cn3c4oc(-c5ccccc5)nc4c(c1)c23. The van der Waals surface area contributed by atoms with Crippen molar-refractivity contribution in [3.8, 4) is 11.5 Å². The highest BCUT2D eigenvalue weighted by atomic mass is 28.3. The van der Waals surface area contributed by atoms with Crippen LogP contribution in [0.15, 0.2) is 144 Å². The first-order valence-electron chi connectivity index (χ1n) is 13.6. The van der Waals surface area contributed by atoms with Crippen LogP contribution < -0.4 is 20.7 Å². The molecule has 0 saturated heterocycles. The van der Waals surface area contributed by atoms with Gasteiger partial charge in [0.15, 0.2) is 8.07 Å². The molecule has 0 aliphatic heterocycles. The Morgan fingerprint density at radius 3 is 1.68 bits per heavy atom. The Bertz CT molecular complexity index is 2000. The lowest BCUT2D eigenvalue weighted by Gasteiger charge is -2.34. The van der Waals surface area contributed by atoms with Crippen molar-refractivity contribution in [2.75, 3.05) is 0 Å². The first-order valence-corrected chi connectivity index (χ1v) is 15.6. The van der Waals surface area contributed by atoms with Gasteiger partial charge in [-0.1, -0.05) is 109 Å². The molecule has 0 amide bonds. The second kappa shape index (κ2) is 8.80. The number of fused-ring (bicyclic) bond motifs is 3. The molecular formula is C36H26N2OSi. The Labute approximate surface area is 233 Å². The highest BCUT2D eigenvalue weighted by Crippen LogP contribution is 2.36. The summed E-state index contributed by atoms with van der Waals surface area (Å²) in [6.45, 7) is 2.18. The van der Waals surface area contributed by atoms with E-state index in [1.165, 1.54) is 37.2 Å². The minimum Gasteiger partial charge on any atom is -0.419 e. The summed E-state index contributed by atoms with van der Waals surface area (Å²) in [5.74, 6) is 0.652. The van der Waals surface area contributed by atoms with Crippen LogP contribution in [0.3, 0.4) is 0 Å². The Morgan fingerprint density at radius 2 is 1.12 bits per heavy atom. The van der Waals surface area contributed by atoms with Gasteiger partial charge in [-0.25, -0.2) is 4.98 Å². The minimum absolute atomic E-state index is 0.652. The minimum atomic E-state index is -2.72. The van der Waals surface area contributed by atoms with E-state index in [9.17, 15) is 0 Å². The summed E-state index contributed by atoms with van der Waals surface area (Å²) in [5.41, 5.74) is 5.10. The fourth-order valence-electron chi connectivity index (χ4n) is 6.53. The molecule has 0 atom stereocenters. The molecule has 4 heteroatoms. The molecule has 0 fully saturated rings. The smallest absolute Gasteiger partial charge is 0.233 e. The number of aryl methyl sites for hydroxylation is 1. The van der Waals surface area contributed by atoms with E-state index in [1.807, 2.05) is 30.3 Å². The fourth-order valence-corrected chi connectivity index (χ4v) is 11.5. The van der Waals surface area contributed by atoms with Gasteiger partial charge in [0.05, 0.1) is 5.52 Å². The van der Waals surface area contributed by atoms with Gasteiger partial charge >= 0.3 is 0 Å². The van der Waals surface area contributed by atoms with Crippen molar-refractivity contribution in [3.05, 3.63) is 145 Å². The topological polar surface area (TPSA) is 30.4 Å². The summed E-state index contributed by atoms with van der Waals surface area (Å²) >= 11 is 0. The van der Waals surface area contributed by atoms with Crippen LogP contribution in [0, 0.1) is 6.92 Å². The Morgan fingerprint density at radius 1 is 0.625 bits per heavy atom. The Hall–Kier alpha value is -4.93. The van der Waals surface area contributed by atoms with E-state index >= 15 is 0 Å². The summed E-state index contributed by atoms with van der Waals surface area (Å²) in [4.78, 5) is 5.00. The second-order valence-electron chi connectivity index (χ2n) is 10.5. The van der Waals surface area contributed by atoms with Crippen LogP contribution in [-0.4, -0.2) is 17.5 Å². The lowest BCUT2D eigenvalue weighted by atomic mass is 10.1. The van der Waals surface area contributed by atoms with Crippen LogP contribution >= 0.6 is 0 Å². The third kappa shape index (κ3) is 3.20. The standard InChI is InChI=1S/C36H26N2OSi/c1-25-22-30-32(24-38-34(30)31(23-25)33-36(38)39-35(37-33)26-14-6-2-7-15-26)40(27-16-8-3-9-17-27,28-18-10-4-11-19-28)29-20-12-5-13-21-29/h2-24H,1H3. The van der Waals surface area contributed by atoms with Crippen molar-refractivity contribution >= 4 is 56.3 Å². The van der Waals surface area contributed by atoms with E-state index in [1.54, 1.807) is 0 Å². The normalized spacial score (nSPS) is 12.1. The van der Waals surface area contributed by atoms with E-state index in [2.05, 4.69) is 121 Å². The van der Waals surface area contributed by atoms with Crippen molar-refractivity contribution < 1.29 is 4.42 Å². The van der Waals surface area contributed by atoms with Gasteiger partial charge in [0.1, 0.15) is 5.52 Å². The lowest BCUT2D eigenvalue weighted by molar-refractivity contribution is 0.604. The summed E-state index contributed by atoms with van der Waals surface area (Å²) in [6.07, 6.45) is 2.35. The largest absolute Gasteiger partial charge is 0.419 e. The first-order chi connectivity index (χ1) is 19.7. The number of hydrogen-bond donors (Lipinski definition) is 0. The molecule has 190 valence electrons. The molecule has 3 aromatic heterocycles. The molecule has 8 rings (SSSR count). The lowest BCUT2D eigenvalue weighted by Crippen LogP contribution is -2.74. The predicted molar refractivity (Wildman–Crippen MR) is 167 cm³/mol. The molecule has 40 heavy (non-hydrogen) atoms. The molecule has 8 aromatic rings. The zero-order chi connectivity index (χ0) is 26.7. The monoisotopic (exact) mass is 530 g/mol. The molecule has 0 aliphatic carbocycles. The highest BCUT2D eigenvalue weighted by molar-refractivity contribution is 7.20. The average molecular weight is 531 g/mol. The molecule has 0 N–H and O–H groups in total. The van der Waals surface area contributed by atoms with E-state index in [0.29, 0.717) is 5.89 Å². The van der Waals surface area contributed by atoms with Gasteiger partial charge < -0.3 is 4.42 Å². The third-order valence-electron chi connectivity index (χ3n) is 8.17. The van der Waals surface area contributed by atoms with Crippen molar-refractivity contribution in [1.82, 2.24) is 9.38 Å². The molecule has 0 radical (unpaired) electrons. The summed E-state index contributed by atoms with van der Waals surface area (Å²) in [5, 5.41) is 7.85. The van der Waals surface area contributed by atoms with Gasteiger partial charge in [-0.2, -0.15) is 0 Å². The van der Waals surface area contributed by atoms with Gasteiger partial charge in [-0.15, -0.1) is 0 Å². The van der Waals surface area contributed by atoms with E-state index in [0.717, 1.165) is 22.2 Å². The third-order valence-corrected chi connectivity index (χ3v) is 13.0. The molecule has 0 saturated carbocycles. The highest BCUT2D eigenvalue weighted by Gasteiger charge is 2.44. The van der Waals surface area contributed by atoms with Gasteiger partial charge in [-0.3, -0.25) is 4.40 Å². The van der Waals surface area contributed by atoms with Crippen LogP contribution in [0.25, 0.3) is 39.0 Å². The molecule has 5 aromatic carbocycles. The molecular weight excluding hydrogens is 504 g/mol. The van der Waals surface area contributed by atoms with Crippen molar-refractivity contribution in [2.24, 2.45) is 0 Å². The van der Waals surface area contributed by atoms with Crippen molar-refractivity contribution in [3.63, 3.8) is 0 Å². The molecule has 0 aliphatic rings. The molecule has 3 nitrogen and oxygen atoms in total. The van der Waals surface area contributed by atoms with Gasteiger partial charge in [0.2, 0.25) is 11.6 Å². The van der Waals surface area contributed by atoms with E-state index in [4.69, 9.17) is 9.40 Å². The van der Waals surface area contributed by atoms with Crippen LogP contribution in [0.5, 0.6) is 0 Å². The zero-order valence-corrected chi connectivity index (χ0v) is 23.1. The maximum absolute atomic E-state index is 6.54. The van der Waals surface area contributed by atoms with Crippen LogP contribution in [-0.2, 0) is 0 Å². The number of aromatic nitrogens is 2. The number of benzene rings is 5. The van der Waals surface area contributed by atoms with Crippen LogP contribution in [0.4, 0.5) is 0 Å². The van der Waals surface area contributed by atoms with Crippen LogP contribution in [0.2, 0.25) is 0 Å². The zero-order valence-electron chi connectivity index (χ0n) is 22.1. The number of nitrogens with zero attached hydrogens (tertiary/aromatic N) is 2. The number of hydrogen-bond acceptors (Lipinski definition) is 2. The molecule has 0 bridgehead atoms. The second-order valence-corrected chi connectivity index (χ2v) is 14.3. The quantitative estimate of drug-likeness (QED) is 0.201. The van der Waals surface area contributed by atoms with Gasteiger partial charge in [0, 0.05) is 22.5 Å². The molecule has 3 heterocycles.